The van der Waals surface area contributed by atoms with Crippen LogP contribution in [0.5, 0.6) is 17.2 Å². The maximum absolute atomic E-state index is 9.55. The van der Waals surface area contributed by atoms with Crippen molar-refractivity contribution in [2.24, 2.45) is 4.99 Å². The molecule has 0 aromatic heterocycles. The van der Waals surface area contributed by atoms with E-state index >= 15 is 0 Å². The molecule has 3 rings (SSSR count). The predicted molar refractivity (Wildman–Crippen MR) is 91.7 cm³/mol. The van der Waals surface area contributed by atoms with E-state index in [2.05, 4.69) is 15.8 Å². The molecule has 0 saturated heterocycles. The molecule has 0 aliphatic carbocycles. The number of ether oxygens (including phenoxy) is 1. The van der Waals surface area contributed by atoms with E-state index in [1.807, 2.05) is 29.7 Å². The first-order valence-electron chi connectivity index (χ1n) is 6.79. The quantitative estimate of drug-likeness (QED) is 0.648. The molecule has 7 heteroatoms. The number of aromatic hydroxyl groups is 2. The number of aliphatic imine (C=N–C) groups is 1. The SMILES string of the molecule is COc1ccc(N=C2NNC(c3ccc(O)c(O)c3)=CS2)cc1. The van der Waals surface area contributed by atoms with Crippen LogP contribution in [0, 0.1) is 0 Å². The lowest BCUT2D eigenvalue weighted by Gasteiger charge is -2.19. The van der Waals surface area contributed by atoms with Crippen LogP contribution in [0.3, 0.4) is 0 Å². The fraction of sp³-hybridized carbons (Fsp3) is 0.0625. The molecule has 2 aromatic rings. The second-order valence-electron chi connectivity index (χ2n) is 4.72. The molecular weight excluding hydrogens is 314 g/mol. The fourth-order valence-corrected chi connectivity index (χ4v) is 2.65. The summed E-state index contributed by atoms with van der Waals surface area (Å²) in [5.41, 5.74) is 8.35. The van der Waals surface area contributed by atoms with Crippen LogP contribution < -0.4 is 15.6 Å². The van der Waals surface area contributed by atoms with Gasteiger partial charge in [-0.1, -0.05) is 11.8 Å². The van der Waals surface area contributed by atoms with Gasteiger partial charge in [0.1, 0.15) is 5.75 Å². The highest BCUT2D eigenvalue weighted by atomic mass is 32.2. The standard InChI is InChI=1S/C16H15N3O3S/c1-22-12-5-3-11(4-6-12)17-16-19-18-13(9-23-16)10-2-7-14(20)15(21)8-10/h2-9,18,20-21H,1H3,(H,17,19). The number of nitrogens with one attached hydrogen (secondary N) is 2. The van der Waals surface area contributed by atoms with Crippen molar-refractivity contribution in [1.82, 2.24) is 10.9 Å². The van der Waals surface area contributed by atoms with Crippen molar-refractivity contribution in [3.05, 3.63) is 53.4 Å². The number of phenolic OH excluding ortho intramolecular Hbond substituents is 2. The first-order valence-corrected chi connectivity index (χ1v) is 7.67. The zero-order valence-electron chi connectivity index (χ0n) is 12.3. The highest BCUT2D eigenvalue weighted by molar-refractivity contribution is 8.16. The van der Waals surface area contributed by atoms with Crippen molar-refractivity contribution in [1.29, 1.82) is 0 Å². The summed E-state index contributed by atoms with van der Waals surface area (Å²) in [5, 5.41) is 21.5. The number of benzene rings is 2. The Labute approximate surface area is 137 Å². The molecule has 1 aliphatic rings. The number of hydrogen-bond donors (Lipinski definition) is 4. The first kappa shape index (κ1) is 15.1. The molecule has 0 fully saturated rings. The minimum absolute atomic E-state index is 0.146. The van der Waals surface area contributed by atoms with Crippen molar-refractivity contribution in [2.45, 2.75) is 0 Å². The molecule has 0 radical (unpaired) electrons. The number of thioether (sulfide) groups is 1. The van der Waals surface area contributed by atoms with Gasteiger partial charge in [-0.05, 0) is 42.5 Å². The van der Waals surface area contributed by atoms with E-state index in [4.69, 9.17) is 4.74 Å². The molecule has 2 aromatic carbocycles. The lowest BCUT2D eigenvalue weighted by Crippen LogP contribution is -2.36. The topological polar surface area (TPSA) is 86.1 Å². The molecule has 0 bridgehead atoms. The third kappa shape index (κ3) is 3.51. The van der Waals surface area contributed by atoms with Gasteiger partial charge in [-0.15, -0.1) is 0 Å². The Morgan fingerprint density at radius 2 is 1.78 bits per heavy atom. The van der Waals surface area contributed by atoms with Crippen LogP contribution in [0.15, 0.2) is 52.9 Å². The molecule has 1 heterocycles. The number of phenols is 2. The van der Waals surface area contributed by atoms with Gasteiger partial charge in [0.2, 0.25) is 0 Å². The van der Waals surface area contributed by atoms with E-state index in [-0.39, 0.29) is 11.5 Å². The minimum Gasteiger partial charge on any atom is -0.504 e. The van der Waals surface area contributed by atoms with Gasteiger partial charge in [-0.25, -0.2) is 4.99 Å². The molecule has 0 atom stereocenters. The Morgan fingerprint density at radius 1 is 1.00 bits per heavy atom. The maximum atomic E-state index is 9.55. The van der Waals surface area contributed by atoms with Gasteiger partial charge in [0.15, 0.2) is 16.7 Å². The number of amidine groups is 1. The average Bonchev–Trinajstić information content (AvgIpc) is 2.59. The number of methoxy groups -OCH3 is 1. The molecule has 1 aliphatic heterocycles. The number of hydrogen-bond acceptors (Lipinski definition) is 6. The molecule has 0 spiro atoms. The summed E-state index contributed by atoms with van der Waals surface area (Å²) in [6.45, 7) is 0. The molecule has 0 amide bonds. The van der Waals surface area contributed by atoms with Crippen molar-refractivity contribution < 1.29 is 14.9 Å². The molecule has 0 unspecified atom stereocenters. The van der Waals surface area contributed by atoms with Crippen molar-refractivity contribution >= 4 is 28.3 Å². The average molecular weight is 329 g/mol. The summed E-state index contributed by atoms with van der Waals surface area (Å²) in [6, 6.07) is 12.1. The minimum atomic E-state index is -0.159. The number of hydrazine groups is 1. The monoisotopic (exact) mass is 329 g/mol. The summed E-state index contributed by atoms with van der Waals surface area (Å²) in [6.07, 6.45) is 0. The van der Waals surface area contributed by atoms with Crippen LogP contribution >= 0.6 is 11.8 Å². The van der Waals surface area contributed by atoms with E-state index in [9.17, 15) is 10.2 Å². The Bertz CT molecular complexity index is 773. The normalized spacial score (nSPS) is 15.5. The first-order chi connectivity index (χ1) is 11.2. The van der Waals surface area contributed by atoms with Crippen LogP contribution in [0.4, 0.5) is 5.69 Å². The largest absolute Gasteiger partial charge is 0.504 e. The van der Waals surface area contributed by atoms with Crippen LogP contribution in [-0.4, -0.2) is 22.5 Å². The summed E-state index contributed by atoms with van der Waals surface area (Å²) in [4.78, 5) is 4.47. The van der Waals surface area contributed by atoms with Gasteiger partial charge in [-0.3, -0.25) is 10.9 Å². The second kappa shape index (κ2) is 6.53. The second-order valence-corrected chi connectivity index (χ2v) is 5.58. The van der Waals surface area contributed by atoms with Crippen molar-refractivity contribution in [2.75, 3.05) is 7.11 Å². The molecular formula is C16H15N3O3S. The highest BCUT2D eigenvalue weighted by Gasteiger charge is 2.11. The van der Waals surface area contributed by atoms with E-state index in [1.54, 1.807) is 13.2 Å². The highest BCUT2D eigenvalue weighted by Crippen LogP contribution is 2.29. The third-order valence-electron chi connectivity index (χ3n) is 3.18. The molecule has 4 N–H and O–H groups in total. The van der Waals surface area contributed by atoms with Gasteiger partial charge in [0.05, 0.1) is 18.5 Å². The van der Waals surface area contributed by atoms with Crippen LogP contribution in [0.25, 0.3) is 5.70 Å². The lowest BCUT2D eigenvalue weighted by atomic mass is 10.1. The Morgan fingerprint density at radius 3 is 2.39 bits per heavy atom. The predicted octanol–water partition coefficient (Wildman–Crippen LogP) is 2.93. The van der Waals surface area contributed by atoms with Crippen molar-refractivity contribution in [3.8, 4) is 17.2 Å². The smallest absolute Gasteiger partial charge is 0.184 e. The van der Waals surface area contributed by atoms with Gasteiger partial charge in [0.25, 0.3) is 0 Å². The van der Waals surface area contributed by atoms with Gasteiger partial charge in [0, 0.05) is 11.0 Å². The summed E-state index contributed by atoms with van der Waals surface area (Å²) in [5.74, 6) is 0.478. The van der Waals surface area contributed by atoms with E-state index in [1.165, 1.54) is 23.9 Å². The van der Waals surface area contributed by atoms with Gasteiger partial charge in [-0.2, -0.15) is 0 Å². The zero-order chi connectivity index (χ0) is 16.2. The third-order valence-corrected chi connectivity index (χ3v) is 3.95. The summed E-state index contributed by atoms with van der Waals surface area (Å²) < 4.78 is 5.11. The molecule has 6 nitrogen and oxygen atoms in total. The maximum Gasteiger partial charge on any atom is 0.184 e. The molecule has 0 saturated carbocycles. The Hall–Kier alpha value is -2.80. The molecule has 118 valence electrons. The van der Waals surface area contributed by atoms with E-state index < -0.39 is 0 Å². The van der Waals surface area contributed by atoms with Crippen LogP contribution in [0.2, 0.25) is 0 Å². The van der Waals surface area contributed by atoms with Gasteiger partial charge < -0.3 is 14.9 Å². The zero-order valence-corrected chi connectivity index (χ0v) is 13.1. The fourth-order valence-electron chi connectivity index (χ4n) is 1.95. The van der Waals surface area contributed by atoms with Gasteiger partial charge >= 0.3 is 0 Å². The van der Waals surface area contributed by atoms with E-state index in [0.717, 1.165) is 22.7 Å². The summed E-state index contributed by atoms with van der Waals surface area (Å²) in [7, 11) is 1.62. The summed E-state index contributed by atoms with van der Waals surface area (Å²) >= 11 is 1.42. The Balaban J connectivity index is 1.74. The Kier molecular flexibility index (Phi) is 4.29. The van der Waals surface area contributed by atoms with E-state index in [0.29, 0.717) is 5.17 Å². The van der Waals surface area contributed by atoms with Crippen LogP contribution in [0.1, 0.15) is 5.56 Å². The number of nitrogens with zero attached hydrogens (tertiary/aromatic N) is 1. The van der Waals surface area contributed by atoms with Crippen LogP contribution in [-0.2, 0) is 0 Å². The van der Waals surface area contributed by atoms with Crippen molar-refractivity contribution in [3.63, 3.8) is 0 Å². The molecule has 23 heavy (non-hydrogen) atoms. The number of rotatable bonds is 3. The lowest BCUT2D eigenvalue weighted by molar-refractivity contribution is 0.403.